The molecule has 1 saturated heterocycles. The van der Waals surface area contributed by atoms with Gasteiger partial charge in [0, 0.05) is 13.7 Å². The number of alkyl halides is 1. The van der Waals surface area contributed by atoms with Crippen molar-refractivity contribution in [3.63, 3.8) is 0 Å². The summed E-state index contributed by atoms with van der Waals surface area (Å²) in [5.74, 6) is 2.15. The smallest absolute Gasteiger partial charge is 0.240 e. The number of likely N-dealkylation sites (tertiary alicyclic amines) is 1. The van der Waals surface area contributed by atoms with E-state index < -0.39 is 5.38 Å². The molecule has 0 radical (unpaired) electrons. The minimum absolute atomic E-state index is 0.0868. The number of halogens is 1. The average molecular weight is 244 g/mol. The second kappa shape index (κ2) is 3.61. The Morgan fingerprint density at radius 1 is 1.44 bits per heavy atom. The van der Waals surface area contributed by atoms with Crippen molar-refractivity contribution in [2.24, 2.45) is 17.8 Å². The zero-order valence-corrected chi connectivity index (χ0v) is 10.5. The van der Waals surface area contributed by atoms with Crippen molar-refractivity contribution in [1.29, 1.82) is 0 Å². The molecule has 1 aliphatic heterocycles. The summed E-state index contributed by atoms with van der Waals surface area (Å²) in [6, 6.07) is 0.308. The molecular weight excluding hydrogens is 226 g/mol. The van der Waals surface area contributed by atoms with E-state index in [1.807, 2.05) is 4.90 Å². The molecule has 4 heteroatoms. The van der Waals surface area contributed by atoms with Crippen LogP contribution in [0.15, 0.2) is 0 Å². The van der Waals surface area contributed by atoms with Gasteiger partial charge in [-0.25, -0.2) is 0 Å². The highest BCUT2D eigenvalue weighted by Gasteiger charge is 2.60. The summed E-state index contributed by atoms with van der Waals surface area (Å²) in [4.78, 5) is 14.0. The van der Waals surface area contributed by atoms with Crippen LogP contribution in [0.5, 0.6) is 0 Å². The minimum Gasteiger partial charge on any atom is -0.379 e. The van der Waals surface area contributed by atoms with E-state index >= 15 is 0 Å². The first-order valence-electron chi connectivity index (χ1n) is 6.10. The van der Waals surface area contributed by atoms with Gasteiger partial charge in [0.1, 0.15) is 5.38 Å². The number of rotatable bonds is 2. The lowest BCUT2D eigenvalue weighted by atomic mass is 9.88. The third-order valence-electron chi connectivity index (χ3n) is 4.71. The number of hydrogen-bond acceptors (Lipinski definition) is 2. The summed E-state index contributed by atoms with van der Waals surface area (Å²) in [6.45, 7) is 2.67. The van der Waals surface area contributed by atoms with Crippen molar-refractivity contribution in [1.82, 2.24) is 4.90 Å². The lowest BCUT2D eigenvalue weighted by molar-refractivity contribution is -0.133. The average Bonchev–Trinajstić information content (AvgIpc) is 2.83. The molecule has 3 aliphatic rings. The first-order chi connectivity index (χ1) is 7.63. The monoisotopic (exact) mass is 243 g/mol. The molecule has 0 N–H and O–H groups in total. The fraction of sp³-hybridized carbons (Fsp3) is 0.917. The molecule has 3 fully saturated rings. The molecule has 2 aliphatic carbocycles. The molecule has 6 unspecified atom stereocenters. The molecule has 0 aromatic rings. The number of hydrogen-bond donors (Lipinski definition) is 0. The quantitative estimate of drug-likeness (QED) is 0.688. The topological polar surface area (TPSA) is 29.5 Å². The van der Waals surface area contributed by atoms with E-state index in [-0.39, 0.29) is 12.0 Å². The largest absolute Gasteiger partial charge is 0.379 e. The van der Waals surface area contributed by atoms with Gasteiger partial charge in [-0.2, -0.15) is 0 Å². The fourth-order valence-electron chi connectivity index (χ4n) is 4.20. The van der Waals surface area contributed by atoms with E-state index in [9.17, 15) is 4.79 Å². The van der Waals surface area contributed by atoms with Gasteiger partial charge < -0.3 is 9.64 Å². The number of methoxy groups -OCH3 is 1. The Morgan fingerprint density at radius 3 is 2.81 bits per heavy atom. The van der Waals surface area contributed by atoms with Crippen molar-refractivity contribution in [3.8, 4) is 0 Å². The second-order valence-electron chi connectivity index (χ2n) is 5.45. The van der Waals surface area contributed by atoms with Crippen LogP contribution in [0.25, 0.3) is 0 Å². The number of fused-ring (bicyclic) bond motifs is 1. The van der Waals surface area contributed by atoms with Crippen molar-refractivity contribution in [3.05, 3.63) is 0 Å². The van der Waals surface area contributed by atoms with Crippen LogP contribution in [0.1, 0.15) is 19.8 Å². The van der Waals surface area contributed by atoms with Crippen molar-refractivity contribution >= 4 is 17.5 Å². The molecule has 16 heavy (non-hydrogen) atoms. The lowest BCUT2D eigenvalue weighted by Gasteiger charge is -2.31. The third kappa shape index (κ3) is 1.28. The molecule has 0 aromatic heterocycles. The van der Waals surface area contributed by atoms with E-state index in [2.05, 4.69) is 0 Å². The highest BCUT2D eigenvalue weighted by molar-refractivity contribution is 6.30. The van der Waals surface area contributed by atoms with E-state index in [0.29, 0.717) is 23.8 Å². The molecule has 2 saturated carbocycles. The van der Waals surface area contributed by atoms with E-state index in [1.165, 1.54) is 12.8 Å². The van der Waals surface area contributed by atoms with Crippen molar-refractivity contribution in [2.75, 3.05) is 13.7 Å². The Hall–Kier alpha value is -0.280. The maximum Gasteiger partial charge on any atom is 0.240 e. The van der Waals surface area contributed by atoms with Gasteiger partial charge in [0.05, 0.1) is 12.1 Å². The summed E-state index contributed by atoms with van der Waals surface area (Å²) in [5.41, 5.74) is 0. The predicted octanol–water partition coefficient (Wildman–Crippen LogP) is 1.50. The SMILES string of the molecule is COC1C2CC3CN(C(=O)C(C)Cl)C1C3C2. The van der Waals surface area contributed by atoms with Gasteiger partial charge in [-0.15, -0.1) is 11.6 Å². The van der Waals surface area contributed by atoms with Crippen molar-refractivity contribution < 1.29 is 9.53 Å². The van der Waals surface area contributed by atoms with Gasteiger partial charge in [-0.1, -0.05) is 0 Å². The Kier molecular flexibility index (Phi) is 2.44. The van der Waals surface area contributed by atoms with Crippen LogP contribution in [0.2, 0.25) is 0 Å². The predicted molar refractivity (Wildman–Crippen MR) is 61.3 cm³/mol. The van der Waals surface area contributed by atoms with Crippen LogP contribution >= 0.6 is 11.6 Å². The summed E-state index contributed by atoms with van der Waals surface area (Å²) in [5, 5.41) is -0.408. The highest BCUT2D eigenvalue weighted by Crippen LogP contribution is 2.55. The molecule has 6 atom stereocenters. The first-order valence-corrected chi connectivity index (χ1v) is 6.54. The fourth-order valence-corrected chi connectivity index (χ4v) is 4.33. The maximum atomic E-state index is 12.1. The standard InChI is InChI=1S/C12H18ClNO2/c1-6(13)12(15)14-5-8-3-7-4-9(8)10(14)11(7)16-2/h6-11H,3-5H2,1-2H3. The number of carbonyl (C=O) groups is 1. The molecular formula is C12H18ClNO2. The normalized spacial score (nSPS) is 46.4. The minimum atomic E-state index is -0.408. The molecule has 1 amide bonds. The van der Waals surface area contributed by atoms with Crippen LogP contribution in [0, 0.1) is 17.8 Å². The lowest BCUT2D eigenvalue weighted by Crippen LogP contribution is -2.46. The van der Waals surface area contributed by atoms with Crippen LogP contribution in [0.4, 0.5) is 0 Å². The zero-order valence-electron chi connectivity index (χ0n) is 9.73. The summed E-state index contributed by atoms with van der Waals surface area (Å²) < 4.78 is 5.60. The summed E-state index contributed by atoms with van der Waals surface area (Å²) >= 11 is 5.92. The van der Waals surface area contributed by atoms with Crippen molar-refractivity contribution in [2.45, 2.75) is 37.3 Å². The van der Waals surface area contributed by atoms with Crippen LogP contribution in [0.3, 0.4) is 0 Å². The molecule has 0 aromatic carbocycles. The van der Waals surface area contributed by atoms with Gasteiger partial charge in [-0.3, -0.25) is 4.79 Å². The molecule has 0 spiro atoms. The molecule has 3 rings (SSSR count). The second-order valence-corrected chi connectivity index (χ2v) is 6.11. The highest BCUT2D eigenvalue weighted by atomic mass is 35.5. The van der Waals surface area contributed by atoms with E-state index in [1.54, 1.807) is 14.0 Å². The van der Waals surface area contributed by atoms with E-state index in [0.717, 1.165) is 6.54 Å². The van der Waals surface area contributed by atoms with Gasteiger partial charge in [0.25, 0.3) is 0 Å². The Balaban J connectivity index is 1.86. The van der Waals surface area contributed by atoms with Gasteiger partial charge in [-0.05, 0) is 37.5 Å². The number of carbonyl (C=O) groups excluding carboxylic acids is 1. The van der Waals surface area contributed by atoms with Crippen LogP contribution in [-0.2, 0) is 9.53 Å². The van der Waals surface area contributed by atoms with E-state index in [4.69, 9.17) is 16.3 Å². The third-order valence-corrected chi connectivity index (χ3v) is 4.90. The summed E-state index contributed by atoms with van der Waals surface area (Å²) in [6.07, 6.45) is 2.73. The number of amides is 1. The molecule has 90 valence electrons. The first kappa shape index (κ1) is 10.8. The Bertz CT molecular complexity index is 318. The van der Waals surface area contributed by atoms with Gasteiger partial charge >= 0.3 is 0 Å². The van der Waals surface area contributed by atoms with Crippen LogP contribution < -0.4 is 0 Å². The maximum absolute atomic E-state index is 12.1. The molecule has 2 bridgehead atoms. The van der Waals surface area contributed by atoms with Gasteiger partial charge in [0.15, 0.2) is 0 Å². The van der Waals surface area contributed by atoms with Gasteiger partial charge in [0.2, 0.25) is 5.91 Å². The summed E-state index contributed by atoms with van der Waals surface area (Å²) in [7, 11) is 1.77. The number of ether oxygens (including phenoxy) is 1. The number of nitrogens with zero attached hydrogens (tertiary/aromatic N) is 1. The van der Waals surface area contributed by atoms with Crippen LogP contribution in [-0.4, -0.2) is 42.0 Å². The molecule has 1 heterocycles. The molecule has 3 nitrogen and oxygen atoms in total. The zero-order chi connectivity index (χ0) is 11.4. The Morgan fingerprint density at radius 2 is 2.19 bits per heavy atom. The Labute approximate surface area is 101 Å².